The molecule has 7 heteroatoms. The Morgan fingerprint density at radius 3 is 1.88 bits per heavy atom. The molecule has 0 heterocycles. The van der Waals surface area contributed by atoms with Crippen molar-refractivity contribution in [2.45, 2.75) is 58.5 Å². The highest BCUT2D eigenvalue weighted by molar-refractivity contribution is 5.80. The number of halogens is 3. The minimum Gasteiger partial charge on any atom is -0.463 e. The summed E-state index contributed by atoms with van der Waals surface area (Å²) in [5, 5.41) is 0. The van der Waals surface area contributed by atoms with Gasteiger partial charge in [-0.25, -0.2) is 4.79 Å². The number of ether oxygens (including phenoxy) is 2. The molecule has 0 aliphatic heterocycles. The fraction of sp³-hybridized carbons (Fsp3) is 0.889. The molecule has 4 rings (SSSR count). The maximum absolute atomic E-state index is 12.8. The molecule has 0 N–H and O–H groups in total. The standard InChI is InChI=1S/C18H25F3O4/c1-16(2,18(19,20)21)15(23)24-9-14(22)25-10-17-6-11-3-12(7-17)5-13(4-11)8-17/h11-13H,3-10H2,1-2H3. The fourth-order valence-corrected chi connectivity index (χ4v) is 5.16. The Hall–Kier alpha value is -1.27. The van der Waals surface area contributed by atoms with Gasteiger partial charge in [0, 0.05) is 5.41 Å². The summed E-state index contributed by atoms with van der Waals surface area (Å²) in [5.74, 6) is -0.0880. The van der Waals surface area contributed by atoms with Gasteiger partial charge in [0.05, 0.1) is 6.61 Å². The minimum atomic E-state index is -4.73. The molecule has 0 aromatic heterocycles. The molecule has 4 aliphatic rings. The molecule has 0 radical (unpaired) electrons. The zero-order valence-electron chi connectivity index (χ0n) is 14.7. The summed E-state index contributed by atoms with van der Waals surface area (Å²) in [5.41, 5.74) is -2.62. The molecule has 0 aromatic carbocycles. The Morgan fingerprint density at radius 2 is 1.44 bits per heavy atom. The second-order valence-corrected chi connectivity index (χ2v) is 8.78. The largest absolute Gasteiger partial charge is 0.463 e. The molecule has 0 spiro atoms. The van der Waals surface area contributed by atoms with Gasteiger partial charge in [0.25, 0.3) is 0 Å². The molecule has 0 amide bonds. The van der Waals surface area contributed by atoms with Crippen LogP contribution in [0.2, 0.25) is 0 Å². The Bertz CT molecular complexity index is 518. The highest BCUT2D eigenvalue weighted by Crippen LogP contribution is 2.60. The summed E-state index contributed by atoms with van der Waals surface area (Å²) < 4.78 is 48.1. The topological polar surface area (TPSA) is 52.6 Å². The van der Waals surface area contributed by atoms with Crippen molar-refractivity contribution in [1.29, 1.82) is 0 Å². The first-order valence-corrected chi connectivity index (χ1v) is 8.90. The second kappa shape index (κ2) is 6.16. The average Bonchev–Trinajstić information content (AvgIpc) is 2.48. The van der Waals surface area contributed by atoms with Crippen LogP contribution in [0.1, 0.15) is 52.4 Å². The number of alkyl halides is 3. The van der Waals surface area contributed by atoms with Crippen molar-refractivity contribution in [3.63, 3.8) is 0 Å². The van der Waals surface area contributed by atoms with Gasteiger partial charge in [0.1, 0.15) is 0 Å². The highest BCUT2D eigenvalue weighted by atomic mass is 19.4. The van der Waals surface area contributed by atoms with Gasteiger partial charge in [-0.1, -0.05) is 0 Å². The fourth-order valence-electron chi connectivity index (χ4n) is 5.16. The second-order valence-electron chi connectivity index (χ2n) is 8.78. The number of carbonyl (C=O) groups excluding carboxylic acids is 2. The van der Waals surface area contributed by atoms with Crippen molar-refractivity contribution < 1.29 is 32.2 Å². The van der Waals surface area contributed by atoms with E-state index in [1.54, 1.807) is 0 Å². The third kappa shape index (κ3) is 3.65. The van der Waals surface area contributed by atoms with Crippen molar-refractivity contribution in [3.05, 3.63) is 0 Å². The number of hydrogen-bond acceptors (Lipinski definition) is 4. The zero-order chi connectivity index (χ0) is 18.5. The van der Waals surface area contributed by atoms with E-state index < -0.39 is 30.1 Å². The number of esters is 2. The van der Waals surface area contributed by atoms with Gasteiger partial charge < -0.3 is 9.47 Å². The van der Waals surface area contributed by atoms with E-state index in [2.05, 4.69) is 4.74 Å². The maximum atomic E-state index is 12.8. The molecule has 4 aliphatic carbocycles. The van der Waals surface area contributed by atoms with Crippen molar-refractivity contribution in [2.75, 3.05) is 13.2 Å². The summed E-state index contributed by atoms with van der Waals surface area (Å²) in [4.78, 5) is 23.4. The molecule has 4 fully saturated rings. The van der Waals surface area contributed by atoms with Gasteiger partial charge in [-0.2, -0.15) is 13.2 Å². The van der Waals surface area contributed by atoms with Crippen LogP contribution in [0.25, 0.3) is 0 Å². The predicted molar refractivity (Wildman–Crippen MR) is 82.4 cm³/mol. The lowest BCUT2D eigenvalue weighted by molar-refractivity contribution is -0.225. The molecule has 25 heavy (non-hydrogen) atoms. The van der Waals surface area contributed by atoms with Crippen molar-refractivity contribution >= 4 is 11.9 Å². The lowest BCUT2D eigenvalue weighted by Crippen LogP contribution is -2.48. The summed E-state index contributed by atoms with van der Waals surface area (Å²) in [6.07, 6.45) is 2.28. The van der Waals surface area contributed by atoms with E-state index in [0.29, 0.717) is 0 Å². The molecule has 0 saturated heterocycles. The van der Waals surface area contributed by atoms with Crippen molar-refractivity contribution in [2.24, 2.45) is 28.6 Å². The van der Waals surface area contributed by atoms with Crippen LogP contribution in [0.4, 0.5) is 13.2 Å². The monoisotopic (exact) mass is 362 g/mol. The number of carbonyl (C=O) groups is 2. The molecule has 4 saturated carbocycles. The lowest BCUT2D eigenvalue weighted by Gasteiger charge is -2.56. The Kier molecular flexibility index (Phi) is 4.57. The highest BCUT2D eigenvalue weighted by Gasteiger charge is 2.54. The van der Waals surface area contributed by atoms with Crippen LogP contribution < -0.4 is 0 Å². The molecule has 0 atom stereocenters. The molecular formula is C18H25F3O4. The van der Waals surface area contributed by atoms with Crippen LogP contribution in [0, 0.1) is 28.6 Å². The molecule has 0 aromatic rings. The van der Waals surface area contributed by atoms with E-state index in [0.717, 1.165) is 50.9 Å². The van der Waals surface area contributed by atoms with Gasteiger partial charge in [0.15, 0.2) is 12.0 Å². The van der Waals surface area contributed by atoms with Crippen LogP contribution in [0.3, 0.4) is 0 Å². The van der Waals surface area contributed by atoms with Gasteiger partial charge >= 0.3 is 18.1 Å². The number of rotatable bonds is 5. The number of hydrogen-bond donors (Lipinski definition) is 0. The van der Waals surface area contributed by atoms with E-state index in [4.69, 9.17) is 4.74 Å². The normalized spacial score (nSPS) is 34.0. The molecule has 0 unspecified atom stereocenters. The average molecular weight is 362 g/mol. The van der Waals surface area contributed by atoms with E-state index in [1.165, 1.54) is 19.3 Å². The van der Waals surface area contributed by atoms with E-state index >= 15 is 0 Å². The Labute approximate surface area is 145 Å². The van der Waals surface area contributed by atoms with Gasteiger partial charge in [-0.15, -0.1) is 0 Å². The first-order chi connectivity index (χ1) is 11.5. The summed E-state index contributed by atoms with van der Waals surface area (Å²) in [7, 11) is 0. The zero-order valence-corrected chi connectivity index (χ0v) is 14.7. The summed E-state index contributed by atoms with van der Waals surface area (Å²) in [6, 6.07) is 0. The third-order valence-corrected chi connectivity index (χ3v) is 6.24. The van der Waals surface area contributed by atoms with Crippen LogP contribution in [-0.2, 0) is 19.1 Å². The van der Waals surface area contributed by atoms with Crippen LogP contribution in [-0.4, -0.2) is 31.3 Å². The summed E-state index contributed by atoms with van der Waals surface area (Å²) >= 11 is 0. The van der Waals surface area contributed by atoms with E-state index in [1.807, 2.05) is 0 Å². The SMILES string of the molecule is CC(C)(C(=O)OCC(=O)OCC12CC3CC(CC(C3)C1)C2)C(F)(F)F. The van der Waals surface area contributed by atoms with Crippen LogP contribution in [0.5, 0.6) is 0 Å². The van der Waals surface area contributed by atoms with Crippen molar-refractivity contribution in [3.8, 4) is 0 Å². The predicted octanol–water partition coefficient (Wildman–Crippen LogP) is 3.88. The maximum Gasteiger partial charge on any atom is 0.404 e. The van der Waals surface area contributed by atoms with Crippen LogP contribution >= 0.6 is 0 Å². The van der Waals surface area contributed by atoms with Gasteiger partial charge in [-0.05, 0) is 70.1 Å². The Balaban J connectivity index is 1.47. The Morgan fingerprint density at radius 1 is 0.960 bits per heavy atom. The van der Waals surface area contributed by atoms with Gasteiger partial charge in [0.2, 0.25) is 0 Å². The van der Waals surface area contributed by atoms with E-state index in [9.17, 15) is 22.8 Å². The molecule has 4 nitrogen and oxygen atoms in total. The van der Waals surface area contributed by atoms with E-state index in [-0.39, 0.29) is 12.0 Å². The molecule has 142 valence electrons. The first-order valence-electron chi connectivity index (χ1n) is 8.90. The van der Waals surface area contributed by atoms with Crippen LogP contribution in [0.15, 0.2) is 0 Å². The molecular weight excluding hydrogens is 337 g/mol. The quantitative estimate of drug-likeness (QED) is 0.697. The lowest BCUT2D eigenvalue weighted by atomic mass is 9.50. The van der Waals surface area contributed by atoms with Crippen molar-refractivity contribution in [1.82, 2.24) is 0 Å². The minimum absolute atomic E-state index is 0.0274. The first kappa shape index (κ1) is 18.5. The van der Waals surface area contributed by atoms with Gasteiger partial charge in [-0.3, -0.25) is 4.79 Å². The summed E-state index contributed by atoms with van der Waals surface area (Å²) in [6.45, 7) is 0.979. The third-order valence-electron chi connectivity index (χ3n) is 6.24. The smallest absolute Gasteiger partial charge is 0.404 e. The molecule has 4 bridgehead atoms.